The Morgan fingerprint density at radius 2 is 2.09 bits per heavy atom. The van der Waals surface area contributed by atoms with Gasteiger partial charge in [-0.05, 0) is 49.9 Å². The Labute approximate surface area is 142 Å². The van der Waals surface area contributed by atoms with E-state index < -0.39 is 0 Å². The minimum atomic E-state index is -0.363. The molecule has 2 aliphatic heterocycles. The molecule has 0 spiro atoms. The van der Waals surface area contributed by atoms with Crippen LogP contribution in [0.15, 0.2) is 18.2 Å². The summed E-state index contributed by atoms with van der Waals surface area (Å²) in [7, 11) is 0. The van der Waals surface area contributed by atoms with Crippen LogP contribution < -0.4 is 0 Å². The molecule has 126 valence electrons. The van der Waals surface area contributed by atoms with Crippen molar-refractivity contribution in [2.45, 2.75) is 51.1 Å². The highest BCUT2D eigenvalue weighted by atomic mass is 35.5. The van der Waals surface area contributed by atoms with Crippen LogP contribution in [0.25, 0.3) is 0 Å². The molecule has 2 fully saturated rings. The van der Waals surface area contributed by atoms with Crippen molar-refractivity contribution in [3.8, 4) is 0 Å². The van der Waals surface area contributed by atoms with Gasteiger partial charge in [-0.15, -0.1) is 0 Å². The first-order valence-electron chi connectivity index (χ1n) is 8.59. The molecule has 0 aliphatic carbocycles. The first-order valence-corrected chi connectivity index (χ1v) is 8.97. The molecule has 1 aromatic rings. The van der Waals surface area contributed by atoms with Crippen LogP contribution in [0.2, 0.25) is 5.02 Å². The molecule has 1 atom stereocenters. The van der Waals surface area contributed by atoms with E-state index >= 15 is 0 Å². The van der Waals surface area contributed by atoms with E-state index in [1.807, 2.05) is 11.0 Å². The van der Waals surface area contributed by atoms with E-state index in [-0.39, 0.29) is 10.8 Å². The second-order valence-electron chi connectivity index (χ2n) is 6.64. The third kappa shape index (κ3) is 4.24. The van der Waals surface area contributed by atoms with E-state index in [4.69, 9.17) is 11.6 Å². The molecule has 1 amide bonds. The maximum atomic E-state index is 13.3. The lowest BCUT2D eigenvalue weighted by Gasteiger charge is -2.36. The Morgan fingerprint density at radius 1 is 1.22 bits per heavy atom. The number of hydrogen-bond acceptors (Lipinski definition) is 2. The van der Waals surface area contributed by atoms with E-state index in [2.05, 4.69) is 4.90 Å². The molecule has 0 radical (unpaired) electrons. The van der Waals surface area contributed by atoms with Gasteiger partial charge in [0.1, 0.15) is 5.82 Å². The van der Waals surface area contributed by atoms with Crippen LogP contribution in [-0.2, 0) is 11.3 Å². The summed E-state index contributed by atoms with van der Waals surface area (Å²) in [5.41, 5.74) is 1.06. The number of halogens is 2. The van der Waals surface area contributed by atoms with Gasteiger partial charge >= 0.3 is 0 Å². The van der Waals surface area contributed by atoms with Crippen LogP contribution >= 0.6 is 11.6 Å². The lowest BCUT2D eigenvalue weighted by atomic mass is 9.98. The van der Waals surface area contributed by atoms with Crippen LogP contribution in [0.5, 0.6) is 0 Å². The number of amides is 1. The molecular formula is C18H24ClFN2O. The summed E-state index contributed by atoms with van der Waals surface area (Å²) in [5, 5.41) is 0.193. The molecule has 2 heterocycles. The smallest absolute Gasteiger partial charge is 0.222 e. The summed E-state index contributed by atoms with van der Waals surface area (Å²) in [6.07, 6.45) is 6.37. The number of hydrogen-bond donors (Lipinski definition) is 0. The average Bonchev–Trinajstić information content (AvgIpc) is 2.95. The fraction of sp³-hybridized carbons (Fsp3) is 0.611. The maximum Gasteiger partial charge on any atom is 0.222 e. The van der Waals surface area contributed by atoms with E-state index in [1.54, 1.807) is 6.07 Å². The van der Waals surface area contributed by atoms with Gasteiger partial charge in [0.25, 0.3) is 0 Å². The highest BCUT2D eigenvalue weighted by molar-refractivity contribution is 6.30. The average molecular weight is 339 g/mol. The van der Waals surface area contributed by atoms with Gasteiger partial charge in [0, 0.05) is 32.1 Å². The van der Waals surface area contributed by atoms with Crippen molar-refractivity contribution < 1.29 is 9.18 Å². The third-order valence-electron chi connectivity index (χ3n) is 5.02. The van der Waals surface area contributed by atoms with E-state index in [0.717, 1.165) is 44.6 Å². The first-order chi connectivity index (χ1) is 11.1. The molecule has 0 aromatic heterocycles. The fourth-order valence-corrected chi connectivity index (χ4v) is 3.92. The van der Waals surface area contributed by atoms with Gasteiger partial charge in [-0.2, -0.15) is 0 Å². The largest absolute Gasteiger partial charge is 0.343 e. The highest BCUT2D eigenvalue weighted by Crippen LogP contribution is 2.24. The Bertz CT molecular complexity index is 566. The third-order valence-corrected chi connectivity index (χ3v) is 5.31. The van der Waals surface area contributed by atoms with Gasteiger partial charge < -0.3 is 4.90 Å². The summed E-state index contributed by atoms with van der Waals surface area (Å²) in [5.74, 6) is -0.0594. The maximum absolute atomic E-state index is 13.3. The fourth-order valence-electron chi connectivity index (χ4n) is 3.71. The summed E-state index contributed by atoms with van der Waals surface area (Å²) in [6, 6.07) is 5.49. The summed E-state index contributed by atoms with van der Waals surface area (Å²) < 4.78 is 13.3. The molecule has 23 heavy (non-hydrogen) atoms. The van der Waals surface area contributed by atoms with E-state index in [0.29, 0.717) is 18.4 Å². The minimum Gasteiger partial charge on any atom is -0.343 e. The number of likely N-dealkylation sites (tertiary alicyclic amines) is 2. The van der Waals surface area contributed by atoms with Crippen molar-refractivity contribution in [1.29, 1.82) is 0 Å². The van der Waals surface area contributed by atoms with E-state index in [1.165, 1.54) is 25.3 Å². The molecular weight excluding hydrogens is 315 g/mol. The lowest BCUT2D eigenvalue weighted by molar-refractivity contribution is -0.127. The van der Waals surface area contributed by atoms with Gasteiger partial charge in [-0.1, -0.05) is 24.1 Å². The predicted molar refractivity (Wildman–Crippen MR) is 89.9 cm³/mol. The predicted octanol–water partition coefficient (Wildman–Crippen LogP) is 3.85. The number of nitrogens with zero attached hydrogens (tertiary/aromatic N) is 2. The van der Waals surface area contributed by atoms with Crippen LogP contribution in [0.1, 0.15) is 44.1 Å². The second kappa shape index (κ2) is 7.63. The zero-order chi connectivity index (χ0) is 16.2. The molecule has 0 N–H and O–H groups in total. The normalized spacial score (nSPS) is 22.8. The number of carbonyl (C=O) groups excluding carboxylic acids is 1. The summed E-state index contributed by atoms with van der Waals surface area (Å²) >= 11 is 5.89. The van der Waals surface area contributed by atoms with Gasteiger partial charge in [0.2, 0.25) is 5.91 Å². The number of piperidine rings is 1. The Morgan fingerprint density at radius 3 is 2.83 bits per heavy atom. The standard InChI is InChI=1S/C18H24ClFN2O/c19-16-12-14(6-7-17(16)20)13-22-9-2-1-4-15(22)8-11-21-10-3-5-18(21)23/h6-7,12,15H,1-5,8-11,13H2/t15-/m0/s1. The Hall–Kier alpha value is -1.13. The molecule has 5 heteroatoms. The SMILES string of the molecule is O=C1CCCN1CC[C@@H]1CCCCN1Cc1ccc(F)c(Cl)c1. The number of carbonyl (C=O) groups is 1. The van der Waals surface area contributed by atoms with Crippen molar-refractivity contribution in [3.63, 3.8) is 0 Å². The highest BCUT2D eigenvalue weighted by Gasteiger charge is 2.25. The van der Waals surface area contributed by atoms with Crippen molar-refractivity contribution >= 4 is 17.5 Å². The van der Waals surface area contributed by atoms with Crippen molar-refractivity contribution in [3.05, 3.63) is 34.6 Å². The van der Waals surface area contributed by atoms with Crippen LogP contribution in [0, 0.1) is 5.82 Å². The Balaban J connectivity index is 1.59. The van der Waals surface area contributed by atoms with E-state index in [9.17, 15) is 9.18 Å². The molecule has 3 nitrogen and oxygen atoms in total. The van der Waals surface area contributed by atoms with Gasteiger partial charge in [-0.3, -0.25) is 9.69 Å². The molecule has 3 rings (SSSR count). The zero-order valence-corrected chi connectivity index (χ0v) is 14.2. The molecule has 0 unspecified atom stereocenters. The minimum absolute atomic E-state index is 0.193. The quantitative estimate of drug-likeness (QED) is 0.814. The molecule has 2 saturated heterocycles. The van der Waals surface area contributed by atoms with Gasteiger partial charge in [0.15, 0.2) is 0 Å². The van der Waals surface area contributed by atoms with Crippen molar-refractivity contribution in [1.82, 2.24) is 9.80 Å². The molecule has 2 aliphatic rings. The number of benzene rings is 1. The Kier molecular flexibility index (Phi) is 5.54. The topological polar surface area (TPSA) is 23.6 Å². The van der Waals surface area contributed by atoms with Crippen LogP contribution in [0.4, 0.5) is 4.39 Å². The summed E-state index contributed by atoms with van der Waals surface area (Å²) in [4.78, 5) is 16.2. The lowest BCUT2D eigenvalue weighted by Crippen LogP contribution is -2.41. The summed E-state index contributed by atoms with van der Waals surface area (Å²) in [6.45, 7) is 3.65. The molecule has 0 saturated carbocycles. The van der Waals surface area contributed by atoms with Crippen molar-refractivity contribution in [2.24, 2.45) is 0 Å². The van der Waals surface area contributed by atoms with Gasteiger partial charge in [-0.25, -0.2) is 4.39 Å². The first kappa shape index (κ1) is 16.7. The van der Waals surface area contributed by atoms with Gasteiger partial charge in [0.05, 0.1) is 5.02 Å². The van der Waals surface area contributed by atoms with Crippen LogP contribution in [0.3, 0.4) is 0 Å². The van der Waals surface area contributed by atoms with Crippen molar-refractivity contribution in [2.75, 3.05) is 19.6 Å². The molecule has 1 aromatic carbocycles. The number of rotatable bonds is 5. The second-order valence-corrected chi connectivity index (χ2v) is 7.05. The zero-order valence-electron chi connectivity index (χ0n) is 13.4. The van der Waals surface area contributed by atoms with Crippen LogP contribution in [-0.4, -0.2) is 41.4 Å². The monoisotopic (exact) mass is 338 g/mol. The molecule has 0 bridgehead atoms.